The highest BCUT2D eigenvalue weighted by atomic mass is 19.1. The highest BCUT2D eigenvalue weighted by molar-refractivity contribution is 5.92. The van der Waals surface area contributed by atoms with Gasteiger partial charge in [0.25, 0.3) is 0 Å². The number of benzene rings is 3. The van der Waals surface area contributed by atoms with Crippen molar-refractivity contribution >= 4 is 17.0 Å². The molecule has 0 atom stereocenters. The van der Waals surface area contributed by atoms with Gasteiger partial charge in [-0.25, -0.2) is 23.5 Å². The molecule has 6 rings (SSSR count). The van der Waals surface area contributed by atoms with Crippen LogP contribution in [0.2, 0.25) is 0 Å². The molecule has 5 aromatic rings. The fraction of sp³-hybridized carbons (Fsp3) is 0.306. The Balaban J connectivity index is 0.00000196. The second-order valence-corrected chi connectivity index (χ2v) is 11.3. The predicted octanol–water partition coefficient (Wildman–Crippen LogP) is 8.01. The number of aromatic nitrogens is 3. The number of hydrogen-bond donors (Lipinski definition) is 1. The molecule has 0 bridgehead atoms. The number of hydrogen-bond acceptors (Lipinski definition) is 5. The van der Waals surface area contributed by atoms with E-state index < -0.39 is 11.8 Å². The minimum Gasteiger partial charge on any atom is -0.478 e. The van der Waals surface area contributed by atoms with Crippen molar-refractivity contribution in [1.29, 1.82) is 0 Å². The van der Waals surface area contributed by atoms with Crippen molar-refractivity contribution in [1.82, 2.24) is 14.5 Å². The lowest BCUT2D eigenvalue weighted by atomic mass is 10.0. The number of carboxylic acids is 1. The first kappa shape index (κ1) is 31.8. The van der Waals surface area contributed by atoms with E-state index >= 15 is 4.39 Å². The monoisotopic (exact) mass is 613 g/mol. The van der Waals surface area contributed by atoms with Gasteiger partial charge in [-0.1, -0.05) is 44.2 Å². The molecule has 0 spiro atoms. The lowest BCUT2D eigenvalue weighted by Crippen LogP contribution is -2.19. The fourth-order valence-electron chi connectivity index (χ4n) is 5.38. The van der Waals surface area contributed by atoms with Crippen molar-refractivity contribution in [3.8, 4) is 17.1 Å². The molecular weight excluding hydrogens is 576 g/mol. The molecule has 45 heavy (non-hydrogen) atoms. The van der Waals surface area contributed by atoms with Crippen LogP contribution in [0.25, 0.3) is 22.3 Å². The van der Waals surface area contributed by atoms with Crippen molar-refractivity contribution in [2.45, 2.75) is 53.2 Å². The largest absolute Gasteiger partial charge is 0.478 e. The first-order chi connectivity index (χ1) is 21.7. The van der Waals surface area contributed by atoms with Gasteiger partial charge in [-0.05, 0) is 67.3 Å². The SMILES string of the molecule is CC.COCC1(Cn2c(Cc3ccc(-c4cccc(OCc5ccc(C)cc5F)n4)cc3F)nc3ccc(C(=O)O)cc32)CC1. The molecule has 3 aromatic carbocycles. The summed E-state index contributed by atoms with van der Waals surface area (Å²) >= 11 is 0. The molecule has 1 aliphatic rings. The summed E-state index contributed by atoms with van der Waals surface area (Å²) in [5.74, 6) is -0.794. The third kappa shape index (κ3) is 7.20. The zero-order chi connectivity index (χ0) is 32.1. The maximum absolute atomic E-state index is 15.6. The number of aromatic carboxylic acids is 1. The number of aryl methyl sites for hydroxylation is 1. The van der Waals surface area contributed by atoms with Crippen LogP contribution in [0.15, 0.2) is 72.8 Å². The molecule has 1 saturated carbocycles. The minimum atomic E-state index is -1.01. The van der Waals surface area contributed by atoms with Crippen LogP contribution in [-0.4, -0.2) is 39.3 Å². The standard InChI is InChI=1S/C34H31F2N3O4.C2H6/c1-21-6-7-25(26(35)14-21)18-43-32-5-3-4-28(38-32)23-9-8-22(27(36)15-23)17-31-37-29-11-10-24(33(40)41)16-30(29)39(31)19-34(12-13-34)20-42-2;1-2/h3-11,14-16H,12-13,17-20H2,1-2H3,(H,40,41);1-2H3. The van der Waals surface area contributed by atoms with Crippen LogP contribution >= 0.6 is 0 Å². The number of rotatable bonds is 11. The molecule has 1 fully saturated rings. The van der Waals surface area contributed by atoms with E-state index in [1.54, 1.807) is 55.6 Å². The second-order valence-electron chi connectivity index (χ2n) is 11.3. The number of methoxy groups -OCH3 is 1. The summed E-state index contributed by atoms with van der Waals surface area (Å²) in [6, 6.07) is 20.0. The van der Waals surface area contributed by atoms with E-state index in [2.05, 4.69) is 4.98 Å². The van der Waals surface area contributed by atoms with Gasteiger partial charge in [-0.3, -0.25) is 0 Å². The van der Waals surface area contributed by atoms with E-state index in [1.807, 2.05) is 31.4 Å². The molecule has 0 aliphatic heterocycles. The van der Waals surface area contributed by atoms with Crippen LogP contribution < -0.4 is 4.74 Å². The summed E-state index contributed by atoms with van der Waals surface area (Å²) in [6.07, 6.45) is 2.22. The minimum absolute atomic E-state index is 0.0243. The van der Waals surface area contributed by atoms with Crippen LogP contribution in [-0.2, 0) is 24.3 Å². The molecule has 1 N–H and O–H groups in total. The van der Waals surface area contributed by atoms with E-state index in [-0.39, 0.29) is 29.8 Å². The number of halogens is 2. The molecule has 2 heterocycles. The van der Waals surface area contributed by atoms with E-state index in [0.29, 0.717) is 58.3 Å². The molecule has 0 amide bonds. The molecule has 234 valence electrons. The Morgan fingerprint density at radius 1 is 0.956 bits per heavy atom. The maximum Gasteiger partial charge on any atom is 0.335 e. The number of pyridine rings is 1. The van der Waals surface area contributed by atoms with Gasteiger partial charge in [0, 0.05) is 42.7 Å². The lowest BCUT2D eigenvalue weighted by molar-refractivity contribution is 0.0697. The van der Waals surface area contributed by atoms with Gasteiger partial charge in [-0.2, -0.15) is 0 Å². The topological polar surface area (TPSA) is 86.5 Å². The van der Waals surface area contributed by atoms with Crippen LogP contribution in [0.3, 0.4) is 0 Å². The number of ether oxygens (including phenoxy) is 2. The third-order valence-electron chi connectivity index (χ3n) is 7.98. The van der Waals surface area contributed by atoms with Crippen molar-refractivity contribution in [3.63, 3.8) is 0 Å². The van der Waals surface area contributed by atoms with Crippen molar-refractivity contribution in [3.05, 3.63) is 113 Å². The zero-order valence-corrected chi connectivity index (χ0v) is 25.9. The first-order valence-corrected chi connectivity index (χ1v) is 15.1. The van der Waals surface area contributed by atoms with Crippen LogP contribution in [0, 0.1) is 24.0 Å². The van der Waals surface area contributed by atoms with Crippen LogP contribution in [0.5, 0.6) is 5.88 Å². The Hall–Kier alpha value is -4.63. The van der Waals surface area contributed by atoms with Gasteiger partial charge in [0.2, 0.25) is 5.88 Å². The summed E-state index contributed by atoms with van der Waals surface area (Å²) in [7, 11) is 1.67. The summed E-state index contributed by atoms with van der Waals surface area (Å²) in [6.45, 7) is 7.04. The Labute approximate surface area is 261 Å². The zero-order valence-electron chi connectivity index (χ0n) is 25.9. The maximum atomic E-state index is 15.6. The Bertz CT molecular complexity index is 1830. The molecule has 1 aliphatic carbocycles. The first-order valence-electron chi connectivity index (χ1n) is 15.1. The summed E-state index contributed by atoms with van der Waals surface area (Å²) in [4.78, 5) is 20.9. The van der Waals surface area contributed by atoms with E-state index in [0.717, 1.165) is 18.4 Å². The molecule has 0 saturated heterocycles. The van der Waals surface area contributed by atoms with E-state index in [4.69, 9.17) is 14.5 Å². The average Bonchev–Trinajstić information content (AvgIpc) is 3.72. The third-order valence-corrected chi connectivity index (χ3v) is 7.98. The highest BCUT2D eigenvalue weighted by Gasteiger charge is 2.43. The van der Waals surface area contributed by atoms with Crippen molar-refractivity contribution < 1.29 is 28.2 Å². The second kappa shape index (κ2) is 13.6. The summed E-state index contributed by atoms with van der Waals surface area (Å²) in [5, 5.41) is 9.55. The van der Waals surface area contributed by atoms with Gasteiger partial charge in [0.1, 0.15) is 24.1 Å². The van der Waals surface area contributed by atoms with Gasteiger partial charge in [0.15, 0.2) is 0 Å². The van der Waals surface area contributed by atoms with Gasteiger partial charge in [-0.15, -0.1) is 0 Å². The van der Waals surface area contributed by atoms with Gasteiger partial charge >= 0.3 is 5.97 Å². The van der Waals surface area contributed by atoms with E-state index in [9.17, 15) is 14.3 Å². The Kier molecular flexibility index (Phi) is 9.58. The normalized spacial score (nSPS) is 13.3. The molecule has 2 aromatic heterocycles. The van der Waals surface area contributed by atoms with Gasteiger partial charge in [0.05, 0.1) is 28.9 Å². The predicted molar refractivity (Wildman–Crippen MR) is 169 cm³/mol. The summed E-state index contributed by atoms with van der Waals surface area (Å²) in [5.41, 5.74) is 4.32. The highest BCUT2D eigenvalue weighted by Crippen LogP contribution is 2.48. The number of carboxylic acid groups (broad SMARTS) is 1. The molecule has 0 unspecified atom stereocenters. The Morgan fingerprint density at radius 2 is 1.71 bits per heavy atom. The number of carbonyl (C=O) groups is 1. The van der Waals surface area contributed by atoms with E-state index in [1.165, 1.54) is 18.2 Å². The average molecular weight is 614 g/mol. The quantitative estimate of drug-likeness (QED) is 0.162. The van der Waals surface area contributed by atoms with Crippen molar-refractivity contribution in [2.24, 2.45) is 5.41 Å². The Morgan fingerprint density at radius 3 is 2.40 bits per heavy atom. The molecular formula is C36H37F2N3O4. The van der Waals surface area contributed by atoms with Crippen LogP contribution in [0.1, 0.15) is 59.6 Å². The number of fused-ring (bicyclic) bond motifs is 1. The van der Waals surface area contributed by atoms with Crippen molar-refractivity contribution in [2.75, 3.05) is 13.7 Å². The number of nitrogens with zero attached hydrogens (tertiary/aromatic N) is 3. The molecule has 7 nitrogen and oxygen atoms in total. The fourth-order valence-corrected chi connectivity index (χ4v) is 5.38. The smallest absolute Gasteiger partial charge is 0.335 e. The lowest BCUT2D eigenvalue weighted by Gasteiger charge is -2.18. The number of imidazole rings is 1. The van der Waals surface area contributed by atoms with Gasteiger partial charge < -0.3 is 19.1 Å². The molecule has 9 heteroatoms. The van der Waals surface area contributed by atoms with Crippen LogP contribution in [0.4, 0.5) is 8.78 Å². The molecule has 0 radical (unpaired) electrons. The summed E-state index contributed by atoms with van der Waals surface area (Å²) < 4.78 is 43.0.